The zero-order valence-corrected chi connectivity index (χ0v) is 18.4. The summed E-state index contributed by atoms with van der Waals surface area (Å²) < 4.78 is 28.9. The van der Waals surface area contributed by atoms with E-state index in [1.807, 2.05) is 6.07 Å². The molecule has 150 valence electrons. The number of nitrogens with one attached hydrogen (secondary N) is 1. The van der Waals surface area contributed by atoms with Crippen LogP contribution in [0.1, 0.15) is 38.7 Å². The van der Waals surface area contributed by atoms with Crippen molar-refractivity contribution < 1.29 is 13.2 Å². The molecule has 27 heavy (non-hydrogen) atoms. The predicted octanol–water partition coefficient (Wildman–Crippen LogP) is 2.76. The summed E-state index contributed by atoms with van der Waals surface area (Å²) in [6.45, 7) is 8.03. The first-order valence-corrected chi connectivity index (χ1v) is 12.0. The van der Waals surface area contributed by atoms with Gasteiger partial charge in [0.1, 0.15) is 0 Å². The summed E-state index contributed by atoms with van der Waals surface area (Å²) in [5.41, 5.74) is 1.77. The van der Waals surface area contributed by atoms with E-state index < -0.39 is 10.0 Å². The van der Waals surface area contributed by atoms with E-state index in [1.165, 1.54) is 0 Å². The molecule has 1 aromatic rings. The van der Waals surface area contributed by atoms with Gasteiger partial charge in [0.25, 0.3) is 0 Å². The van der Waals surface area contributed by atoms with Gasteiger partial charge in [0.15, 0.2) is 0 Å². The Hall–Kier alpha value is -0.960. The van der Waals surface area contributed by atoms with Gasteiger partial charge in [-0.25, -0.2) is 13.1 Å². The molecule has 0 saturated heterocycles. The molecule has 1 heterocycles. The first kappa shape index (κ1) is 20.8. The van der Waals surface area contributed by atoms with Crippen LogP contribution in [0, 0.1) is 5.92 Å². The molecule has 1 aliphatic heterocycles. The molecule has 1 aromatic carbocycles. The Morgan fingerprint density at radius 1 is 1.30 bits per heavy atom. The van der Waals surface area contributed by atoms with Crippen LogP contribution in [0.5, 0.6) is 0 Å². The van der Waals surface area contributed by atoms with Gasteiger partial charge >= 0.3 is 0 Å². The number of anilines is 1. The summed E-state index contributed by atoms with van der Waals surface area (Å²) in [7, 11) is -3.63. The maximum absolute atomic E-state index is 12.8. The molecule has 0 spiro atoms. The van der Waals surface area contributed by atoms with Gasteiger partial charge in [-0.15, -0.1) is 0 Å². The number of carbonyl (C=O) groups is 1. The van der Waals surface area contributed by atoms with Crippen molar-refractivity contribution in [3.63, 3.8) is 0 Å². The molecular weight excluding hydrogens is 430 g/mol. The number of fused-ring (bicyclic) bond motifs is 1. The standard InChI is InChI=1S/C19H28BrN3O3S/c1-3-22(4-2)10-5-9-21-27(25,26)18-13-17-15(12-16(18)20)8-11-23(17)19(24)14-6-7-14/h12-14,21H,3-11H2,1-2H3. The van der Waals surface area contributed by atoms with E-state index in [2.05, 4.69) is 39.4 Å². The molecule has 1 N–H and O–H groups in total. The van der Waals surface area contributed by atoms with Crippen LogP contribution in [0.15, 0.2) is 21.5 Å². The number of sulfonamides is 1. The predicted molar refractivity (Wildman–Crippen MR) is 111 cm³/mol. The molecule has 3 rings (SSSR count). The average Bonchev–Trinajstić information content (AvgIpc) is 3.41. The molecule has 6 nitrogen and oxygen atoms in total. The Morgan fingerprint density at radius 2 is 2.00 bits per heavy atom. The molecular formula is C19H28BrN3O3S. The minimum absolute atomic E-state index is 0.123. The fraction of sp³-hybridized carbons (Fsp3) is 0.632. The number of nitrogens with zero attached hydrogens (tertiary/aromatic N) is 2. The van der Waals surface area contributed by atoms with Crippen molar-refractivity contribution in [1.29, 1.82) is 0 Å². The molecule has 0 bridgehead atoms. The van der Waals surface area contributed by atoms with Crippen LogP contribution in [0.25, 0.3) is 0 Å². The molecule has 1 amide bonds. The van der Waals surface area contributed by atoms with Crippen LogP contribution < -0.4 is 9.62 Å². The second kappa shape index (κ2) is 8.59. The summed E-state index contributed by atoms with van der Waals surface area (Å²) in [5, 5.41) is 0. The van der Waals surface area contributed by atoms with Gasteiger partial charge in [-0.1, -0.05) is 13.8 Å². The molecule has 1 fully saturated rings. The summed E-state index contributed by atoms with van der Waals surface area (Å²) in [6.07, 6.45) is 3.42. The van der Waals surface area contributed by atoms with Gasteiger partial charge in [-0.05, 0) is 78.9 Å². The summed E-state index contributed by atoms with van der Waals surface area (Å²) >= 11 is 3.41. The molecule has 0 aromatic heterocycles. The van der Waals surface area contributed by atoms with E-state index in [1.54, 1.807) is 11.0 Å². The van der Waals surface area contributed by atoms with Crippen LogP contribution in [0.3, 0.4) is 0 Å². The molecule has 2 aliphatic rings. The van der Waals surface area contributed by atoms with Crippen LogP contribution >= 0.6 is 15.9 Å². The van der Waals surface area contributed by atoms with E-state index in [-0.39, 0.29) is 16.7 Å². The van der Waals surface area contributed by atoms with Gasteiger partial charge in [0.2, 0.25) is 15.9 Å². The number of hydrogen-bond donors (Lipinski definition) is 1. The number of benzene rings is 1. The normalized spacial score (nSPS) is 16.8. The Balaban J connectivity index is 1.72. The number of hydrogen-bond acceptors (Lipinski definition) is 4. The second-order valence-electron chi connectivity index (χ2n) is 7.20. The lowest BCUT2D eigenvalue weighted by Crippen LogP contribution is -2.31. The van der Waals surface area contributed by atoms with E-state index in [4.69, 9.17) is 0 Å². The third-order valence-corrected chi connectivity index (χ3v) is 7.77. The molecule has 8 heteroatoms. The van der Waals surface area contributed by atoms with Gasteiger partial charge in [-0.2, -0.15) is 0 Å². The summed E-state index contributed by atoms with van der Waals surface area (Å²) in [5.74, 6) is 0.254. The van der Waals surface area contributed by atoms with E-state index in [0.717, 1.165) is 56.6 Å². The van der Waals surface area contributed by atoms with Gasteiger partial charge in [-0.3, -0.25) is 4.79 Å². The van der Waals surface area contributed by atoms with Gasteiger partial charge < -0.3 is 9.80 Å². The quantitative estimate of drug-likeness (QED) is 0.578. The first-order valence-electron chi connectivity index (χ1n) is 9.73. The van der Waals surface area contributed by atoms with Crippen LogP contribution in [-0.4, -0.2) is 51.9 Å². The van der Waals surface area contributed by atoms with Crippen LogP contribution in [0.4, 0.5) is 5.69 Å². The third-order valence-electron chi connectivity index (χ3n) is 5.35. The molecule has 1 aliphatic carbocycles. The maximum Gasteiger partial charge on any atom is 0.241 e. The lowest BCUT2D eigenvalue weighted by molar-refractivity contribution is -0.119. The van der Waals surface area contributed by atoms with Crippen molar-refractivity contribution in [3.05, 3.63) is 22.2 Å². The fourth-order valence-corrected chi connectivity index (χ4v) is 5.68. The largest absolute Gasteiger partial charge is 0.312 e. The van der Waals surface area contributed by atoms with Crippen molar-refractivity contribution in [1.82, 2.24) is 9.62 Å². The monoisotopic (exact) mass is 457 g/mol. The highest BCUT2D eigenvalue weighted by Gasteiger charge is 2.37. The Labute approximate surface area is 170 Å². The SMILES string of the molecule is CCN(CC)CCCNS(=O)(=O)c1cc2c(cc1Br)CCN2C(=O)C1CC1. The van der Waals surface area contributed by atoms with Crippen molar-refractivity contribution in [2.75, 3.05) is 37.6 Å². The number of carbonyl (C=O) groups excluding carboxylic acids is 1. The van der Waals surface area contributed by atoms with Gasteiger partial charge in [0, 0.05) is 29.2 Å². The van der Waals surface area contributed by atoms with Crippen molar-refractivity contribution in [2.45, 2.75) is 44.4 Å². The van der Waals surface area contributed by atoms with Crippen LogP contribution in [0.2, 0.25) is 0 Å². The molecule has 0 atom stereocenters. The minimum Gasteiger partial charge on any atom is -0.312 e. The average molecular weight is 458 g/mol. The fourth-order valence-electron chi connectivity index (χ4n) is 3.50. The molecule has 0 radical (unpaired) electrons. The highest BCUT2D eigenvalue weighted by molar-refractivity contribution is 9.10. The zero-order valence-electron chi connectivity index (χ0n) is 16.0. The summed E-state index contributed by atoms with van der Waals surface area (Å²) in [6, 6.07) is 3.50. The van der Waals surface area contributed by atoms with E-state index in [0.29, 0.717) is 17.6 Å². The highest BCUT2D eigenvalue weighted by Crippen LogP contribution is 2.39. The van der Waals surface area contributed by atoms with Crippen LogP contribution in [-0.2, 0) is 21.2 Å². The Bertz CT molecular complexity index is 805. The zero-order chi connectivity index (χ0) is 19.6. The molecule has 1 saturated carbocycles. The lowest BCUT2D eigenvalue weighted by atomic mass is 10.2. The highest BCUT2D eigenvalue weighted by atomic mass is 79.9. The number of amides is 1. The third kappa shape index (κ3) is 4.72. The summed E-state index contributed by atoms with van der Waals surface area (Å²) in [4.78, 5) is 16.7. The Morgan fingerprint density at radius 3 is 2.63 bits per heavy atom. The van der Waals surface area contributed by atoms with Gasteiger partial charge in [0.05, 0.1) is 4.90 Å². The van der Waals surface area contributed by atoms with Crippen molar-refractivity contribution in [3.8, 4) is 0 Å². The smallest absolute Gasteiger partial charge is 0.241 e. The van der Waals surface area contributed by atoms with Crippen molar-refractivity contribution >= 4 is 37.5 Å². The number of rotatable bonds is 9. The maximum atomic E-state index is 12.8. The second-order valence-corrected chi connectivity index (χ2v) is 9.79. The van der Waals surface area contributed by atoms with E-state index >= 15 is 0 Å². The minimum atomic E-state index is -3.63. The lowest BCUT2D eigenvalue weighted by Gasteiger charge is -2.19. The first-order chi connectivity index (χ1) is 12.9. The van der Waals surface area contributed by atoms with Crippen molar-refractivity contribution in [2.24, 2.45) is 5.92 Å². The van der Waals surface area contributed by atoms with E-state index in [9.17, 15) is 13.2 Å². The Kier molecular flexibility index (Phi) is 6.61. The number of halogens is 1. The topological polar surface area (TPSA) is 69.7 Å². The molecule has 0 unspecified atom stereocenters.